The van der Waals surface area contributed by atoms with E-state index in [1.807, 2.05) is 0 Å². The third kappa shape index (κ3) is 4.64. The summed E-state index contributed by atoms with van der Waals surface area (Å²) in [5.41, 5.74) is 0. The third-order valence-electron chi connectivity index (χ3n) is 2.46. The molecule has 1 N–H and O–H groups in total. The van der Waals surface area contributed by atoms with Gasteiger partial charge in [0.1, 0.15) is 15.0 Å². The van der Waals surface area contributed by atoms with E-state index in [0.29, 0.717) is 6.07 Å². The van der Waals surface area contributed by atoms with Crippen molar-refractivity contribution in [2.45, 2.75) is 9.79 Å². The van der Waals surface area contributed by atoms with Gasteiger partial charge in [-0.25, -0.2) is 8.42 Å². The minimum absolute atomic E-state index is 0. The minimum atomic E-state index is -4.91. The van der Waals surface area contributed by atoms with Crippen LogP contribution in [0.1, 0.15) is 0 Å². The minimum Gasteiger partial charge on any atom is -0.872 e. The van der Waals surface area contributed by atoms with Crippen molar-refractivity contribution in [3.63, 3.8) is 0 Å². The fraction of sp³-hybridized carbons (Fsp3) is 0. The van der Waals surface area contributed by atoms with E-state index in [9.17, 15) is 26.5 Å². The summed E-state index contributed by atoms with van der Waals surface area (Å²) < 4.78 is 64.0. The second-order valence-electron chi connectivity index (χ2n) is 3.70. The second-order valence-corrected chi connectivity index (χ2v) is 6.47. The molecule has 0 heterocycles. The van der Waals surface area contributed by atoms with Crippen LogP contribution in [-0.2, 0) is 20.2 Å². The molecule has 0 unspecified atom stereocenters. The molecule has 0 atom stereocenters. The predicted molar refractivity (Wildman–Crippen MR) is 61.2 cm³/mol. The zero-order chi connectivity index (χ0) is 14.4. The van der Waals surface area contributed by atoms with Crippen LogP contribution in [0.3, 0.4) is 0 Å². The maximum absolute atomic E-state index is 11.6. The molecule has 2 aromatic rings. The maximum atomic E-state index is 11.6. The van der Waals surface area contributed by atoms with Gasteiger partial charge in [-0.05, 0) is 17.5 Å². The summed E-state index contributed by atoms with van der Waals surface area (Å²) in [5.74, 6) is -0.822. The normalized spacial score (nSPS) is 11.5. The molecular formula is C10H6Na2O7S2. The van der Waals surface area contributed by atoms with Crippen LogP contribution < -0.4 is 64.2 Å². The molecule has 0 fully saturated rings. The number of benzene rings is 2. The molecule has 0 aliphatic heterocycles. The summed E-state index contributed by atoms with van der Waals surface area (Å²) in [5, 5.41) is 11.2. The van der Waals surface area contributed by atoms with Crippen molar-refractivity contribution in [1.29, 1.82) is 0 Å². The first-order valence-electron chi connectivity index (χ1n) is 4.78. The molecule has 0 bridgehead atoms. The van der Waals surface area contributed by atoms with E-state index in [-0.39, 0.29) is 69.9 Å². The Balaban J connectivity index is 0.00000200. The smallest absolute Gasteiger partial charge is 0.872 e. The van der Waals surface area contributed by atoms with Crippen molar-refractivity contribution >= 4 is 31.0 Å². The van der Waals surface area contributed by atoms with E-state index < -0.39 is 35.8 Å². The fourth-order valence-corrected chi connectivity index (χ4v) is 2.88. The average molecular weight is 348 g/mol. The monoisotopic (exact) mass is 348 g/mol. The third-order valence-corrected chi connectivity index (χ3v) is 4.18. The van der Waals surface area contributed by atoms with Gasteiger partial charge in [-0.2, -0.15) is 8.42 Å². The Morgan fingerprint density at radius 3 is 2.00 bits per heavy atom. The van der Waals surface area contributed by atoms with Gasteiger partial charge >= 0.3 is 59.1 Å². The molecule has 2 rings (SSSR count). The van der Waals surface area contributed by atoms with Gasteiger partial charge in [0.2, 0.25) is 0 Å². The van der Waals surface area contributed by atoms with Crippen molar-refractivity contribution in [2.24, 2.45) is 0 Å². The first-order valence-corrected chi connectivity index (χ1v) is 7.63. The molecule has 21 heavy (non-hydrogen) atoms. The molecule has 0 saturated heterocycles. The number of hydrogen-bond donors (Lipinski definition) is 1. The molecular weight excluding hydrogens is 342 g/mol. The molecule has 0 spiro atoms. The van der Waals surface area contributed by atoms with Crippen molar-refractivity contribution < 1.29 is 90.2 Å². The van der Waals surface area contributed by atoms with Gasteiger partial charge in [-0.3, -0.25) is 4.55 Å². The Morgan fingerprint density at radius 2 is 1.52 bits per heavy atom. The summed E-state index contributed by atoms with van der Waals surface area (Å²) in [7, 11) is -9.55. The summed E-state index contributed by atoms with van der Waals surface area (Å²) in [6.07, 6.45) is 0. The van der Waals surface area contributed by atoms with E-state index in [2.05, 4.69) is 0 Å². The van der Waals surface area contributed by atoms with Crippen molar-refractivity contribution in [3.8, 4) is 5.75 Å². The van der Waals surface area contributed by atoms with Gasteiger partial charge in [0.25, 0.3) is 10.1 Å². The topological polar surface area (TPSA) is 135 Å². The zero-order valence-electron chi connectivity index (χ0n) is 11.1. The second kappa shape index (κ2) is 7.26. The van der Waals surface area contributed by atoms with Gasteiger partial charge in [-0.15, -0.1) is 0 Å². The summed E-state index contributed by atoms with van der Waals surface area (Å²) >= 11 is 0. The fourth-order valence-electron chi connectivity index (χ4n) is 1.67. The Labute approximate surface area is 165 Å². The molecule has 2 aromatic carbocycles. The predicted octanol–water partition coefficient (Wildman–Crippen LogP) is -5.93. The molecule has 0 radical (unpaired) electrons. The van der Waals surface area contributed by atoms with E-state index in [4.69, 9.17) is 4.55 Å². The molecule has 0 aromatic heterocycles. The average Bonchev–Trinajstić information content (AvgIpc) is 2.25. The van der Waals surface area contributed by atoms with Gasteiger partial charge < -0.3 is 9.66 Å². The molecule has 7 nitrogen and oxygen atoms in total. The molecule has 0 aliphatic carbocycles. The van der Waals surface area contributed by atoms with Crippen LogP contribution in [0.2, 0.25) is 0 Å². The first kappa shape index (κ1) is 21.3. The summed E-state index contributed by atoms with van der Waals surface area (Å²) in [6.45, 7) is 0. The van der Waals surface area contributed by atoms with E-state index >= 15 is 0 Å². The summed E-state index contributed by atoms with van der Waals surface area (Å²) in [4.78, 5) is -1.48. The van der Waals surface area contributed by atoms with Gasteiger partial charge in [-0.1, -0.05) is 23.9 Å². The van der Waals surface area contributed by atoms with Crippen molar-refractivity contribution in [2.75, 3.05) is 0 Å². The van der Waals surface area contributed by atoms with E-state index in [0.717, 1.165) is 12.1 Å². The van der Waals surface area contributed by atoms with Crippen molar-refractivity contribution in [3.05, 3.63) is 30.3 Å². The van der Waals surface area contributed by atoms with Crippen LogP contribution in [-0.4, -0.2) is 25.9 Å². The number of fused-ring (bicyclic) bond motifs is 1. The molecule has 102 valence electrons. The van der Waals surface area contributed by atoms with Crippen LogP contribution >= 0.6 is 0 Å². The molecule has 0 aliphatic rings. The standard InChI is InChI=1S/C10H8O7S2.2Na/c11-9-5-6(18(12,13)14)4-8-7(9)2-1-3-10(8)19(15,16)17;;/h1-5,11H,(H,12,13,14)(H,15,16,17);;/q;2*+1/p-2. The Kier molecular flexibility index (Phi) is 7.37. The van der Waals surface area contributed by atoms with E-state index in [1.54, 1.807) is 0 Å². The molecule has 11 heteroatoms. The largest absolute Gasteiger partial charge is 1.00 e. The van der Waals surface area contributed by atoms with Gasteiger partial charge in [0.15, 0.2) is 0 Å². The first-order chi connectivity index (χ1) is 8.60. The van der Waals surface area contributed by atoms with Crippen LogP contribution in [0, 0.1) is 0 Å². The van der Waals surface area contributed by atoms with Gasteiger partial charge in [0, 0.05) is 5.39 Å². The van der Waals surface area contributed by atoms with Crippen LogP contribution in [0.4, 0.5) is 0 Å². The van der Waals surface area contributed by atoms with Gasteiger partial charge in [0.05, 0.1) is 4.90 Å². The van der Waals surface area contributed by atoms with Crippen molar-refractivity contribution in [1.82, 2.24) is 0 Å². The number of rotatable bonds is 2. The maximum Gasteiger partial charge on any atom is 1.00 e. The Hall–Kier alpha value is 0.320. The van der Waals surface area contributed by atoms with Crippen LogP contribution in [0.25, 0.3) is 10.8 Å². The molecule has 0 saturated carbocycles. The summed E-state index contributed by atoms with van der Waals surface area (Å²) in [6, 6.07) is 4.84. The Bertz CT molecular complexity index is 876. The van der Waals surface area contributed by atoms with Crippen LogP contribution in [0.5, 0.6) is 5.75 Å². The zero-order valence-corrected chi connectivity index (χ0v) is 16.7. The van der Waals surface area contributed by atoms with Crippen LogP contribution in [0.15, 0.2) is 40.1 Å². The SMILES string of the molecule is O=S(=O)([O-])c1cc([O-])c2cccc(S(=O)(=O)O)c2c1.[Na+].[Na+]. The quantitative estimate of drug-likeness (QED) is 0.422. The van der Waals surface area contributed by atoms with E-state index in [1.165, 1.54) is 12.1 Å². The number of hydrogen-bond acceptors (Lipinski definition) is 6. The molecule has 0 amide bonds. The Morgan fingerprint density at radius 1 is 0.952 bits per heavy atom.